The summed E-state index contributed by atoms with van der Waals surface area (Å²) in [5.74, 6) is -0.529. The molecule has 0 bridgehead atoms. The molecule has 0 amide bonds. The molecular weight excluding hydrogens is 223 g/mol. The third-order valence-corrected chi connectivity index (χ3v) is 2.25. The van der Waals surface area contributed by atoms with Crippen LogP contribution in [0, 0.1) is 5.82 Å². The molecular formula is C13H15FO3. The van der Waals surface area contributed by atoms with Crippen molar-refractivity contribution in [3.05, 3.63) is 35.7 Å². The zero-order valence-electron chi connectivity index (χ0n) is 9.65. The normalized spacial score (nSPS) is 10.7. The Labute approximate surface area is 99.5 Å². The van der Waals surface area contributed by atoms with E-state index < -0.39 is 5.97 Å². The molecule has 1 rings (SSSR count). The molecule has 0 heterocycles. The summed E-state index contributed by atoms with van der Waals surface area (Å²) in [7, 11) is 1.52. The summed E-state index contributed by atoms with van der Waals surface area (Å²) in [4.78, 5) is 10.3. The number of halogens is 1. The van der Waals surface area contributed by atoms with Crippen molar-refractivity contribution in [1.29, 1.82) is 0 Å². The van der Waals surface area contributed by atoms with Gasteiger partial charge in [-0.05, 0) is 31.0 Å². The van der Waals surface area contributed by atoms with Gasteiger partial charge in [-0.3, -0.25) is 4.79 Å². The average Bonchev–Trinajstić information content (AvgIpc) is 2.28. The van der Waals surface area contributed by atoms with E-state index in [4.69, 9.17) is 9.84 Å². The van der Waals surface area contributed by atoms with Crippen molar-refractivity contribution in [2.75, 3.05) is 7.11 Å². The highest BCUT2D eigenvalue weighted by Gasteiger charge is 2.00. The number of allylic oxidation sites excluding steroid dienone is 1. The van der Waals surface area contributed by atoms with Crippen LogP contribution in [0.1, 0.15) is 24.8 Å². The first-order valence-electron chi connectivity index (χ1n) is 5.35. The van der Waals surface area contributed by atoms with Gasteiger partial charge < -0.3 is 9.84 Å². The number of unbranched alkanes of at least 4 members (excludes halogenated alkanes) is 1. The van der Waals surface area contributed by atoms with Gasteiger partial charge in [0.15, 0.2) is 0 Å². The van der Waals surface area contributed by atoms with Gasteiger partial charge in [-0.15, -0.1) is 0 Å². The highest BCUT2D eigenvalue weighted by atomic mass is 19.1. The van der Waals surface area contributed by atoms with E-state index in [0.29, 0.717) is 24.2 Å². The maximum absolute atomic E-state index is 13.0. The fourth-order valence-electron chi connectivity index (χ4n) is 1.42. The minimum atomic E-state index is -0.804. The molecule has 0 spiro atoms. The van der Waals surface area contributed by atoms with Crippen LogP contribution < -0.4 is 4.74 Å². The first kappa shape index (κ1) is 13.2. The molecule has 3 nitrogen and oxygen atoms in total. The van der Waals surface area contributed by atoms with Crippen molar-refractivity contribution < 1.29 is 19.0 Å². The highest BCUT2D eigenvalue weighted by Crippen LogP contribution is 2.20. The predicted octanol–water partition coefficient (Wildman–Crippen LogP) is 3.10. The molecule has 0 fully saturated rings. The molecule has 1 N–H and O–H groups in total. The van der Waals surface area contributed by atoms with E-state index in [1.165, 1.54) is 19.2 Å². The number of carboxylic acid groups (broad SMARTS) is 1. The van der Waals surface area contributed by atoms with Gasteiger partial charge in [0.2, 0.25) is 0 Å². The number of carbonyl (C=O) groups is 1. The molecule has 0 atom stereocenters. The molecule has 92 valence electrons. The summed E-state index contributed by atoms with van der Waals surface area (Å²) in [5, 5.41) is 8.45. The van der Waals surface area contributed by atoms with E-state index in [1.807, 2.05) is 6.08 Å². The van der Waals surface area contributed by atoms with Crippen LogP contribution >= 0.6 is 0 Å². The van der Waals surface area contributed by atoms with E-state index >= 15 is 0 Å². The first-order chi connectivity index (χ1) is 8.13. The number of ether oxygens (including phenoxy) is 1. The number of methoxy groups -OCH3 is 1. The summed E-state index contributed by atoms with van der Waals surface area (Å²) < 4.78 is 18.1. The van der Waals surface area contributed by atoms with E-state index in [9.17, 15) is 9.18 Å². The van der Waals surface area contributed by atoms with Crippen molar-refractivity contribution >= 4 is 12.0 Å². The predicted molar refractivity (Wildman–Crippen MR) is 63.5 cm³/mol. The molecule has 0 aliphatic heterocycles. The zero-order chi connectivity index (χ0) is 12.7. The maximum Gasteiger partial charge on any atom is 0.303 e. The van der Waals surface area contributed by atoms with Crippen LogP contribution in [0.25, 0.3) is 6.08 Å². The lowest BCUT2D eigenvalue weighted by Gasteiger charge is -2.04. The van der Waals surface area contributed by atoms with E-state index in [-0.39, 0.29) is 12.2 Å². The lowest BCUT2D eigenvalue weighted by Crippen LogP contribution is -1.92. The summed E-state index contributed by atoms with van der Waals surface area (Å²) in [6, 6.07) is 4.28. The Balaban J connectivity index is 2.57. The molecule has 1 aromatic rings. The second kappa shape index (κ2) is 6.68. The quantitative estimate of drug-likeness (QED) is 0.774. The largest absolute Gasteiger partial charge is 0.496 e. The Bertz CT molecular complexity index is 413. The number of benzene rings is 1. The number of rotatable bonds is 6. The third kappa shape index (κ3) is 4.68. The first-order valence-corrected chi connectivity index (χ1v) is 5.35. The Kier molecular flexibility index (Phi) is 5.20. The van der Waals surface area contributed by atoms with Gasteiger partial charge in [-0.2, -0.15) is 0 Å². The van der Waals surface area contributed by atoms with Crippen LogP contribution in [0.15, 0.2) is 24.3 Å². The van der Waals surface area contributed by atoms with E-state index in [1.54, 1.807) is 12.1 Å². The van der Waals surface area contributed by atoms with E-state index in [2.05, 4.69) is 0 Å². The number of hydrogen-bond donors (Lipinski definition) is 1. The Morgan fingerprint density at radius 2 is 2.29 bits per heavy atom. The van der Waals surface area contributed by atoms with Gasteiger partial charge in [0, 0.05) is 12.0 Å². The molecule has 0 aliphatic rings. The SMILES string of the molecule is COc1ccc(F)cc1/C=C/CCCC(=O)O. The smallest absolute Gasteiger partial charge is 0.303 e. The van der Waals surface area contributed by atoms with Crippen molar-refractivity contribution in [3.8, 4) is 5.75 Å². The Morgan fingerprint density at radius 3 is 2.94 bits per heavy atom. The third-order valence-electron chi connectivity index (χ3n) is 2.25. The van der Waals surface area contributed by atoms with Crippen LogP contribution in [-0.2, 0) is 4.79 Å². The summed E-state index contributed by atoms with van der Waals surface area (Å²) in [6.07, 6.45) is 4.92. The molecule has 0 radical (unpaired) electrons. The number of aliphatic carboxylic acids is 1. The highest BCUT2D eigenvalue weighted by molar-refractivity contribution is 5.66. The minimum Gasteiger partial charge on any atom is -0.496 e. The maximum atomic E-state index is 13.0. The van der Waals surface area contributed by atoms with Crippen LogP contribution in [0.5, 0.6) is 5.75 Å². The molecule has 0 saturated carbocycles. The van der Waals surface area contributed by atoms with Gasteiger partial charge >= 0.3 is 5.97 Å². The molecule has 1 aromatic carbocycles. The van der Waals surface area contributed by atoms with Gasteiger partial charge in [0.25, 0.3) is 0 Å². The number of hydrogen-bond acceptors (Lipinski definition) is 2. The Morgan fingerprint density at radius 1 is 1.53 bits per heavy atom. The van der Waals surface area contributed by atoms with Crippen LogP contribution in [0.4, 0.5) is 4.39 Å². The number of carboxylic acids is 1. The van der Waals surface area contributed by atoms with Crippen molar-refractivity contribution in [2.45, 2.75) is 19.3 Å². The van der Waals surface area contributed by atoms with Crippen LogP contribution in [0.3, 0.4) is 0 Å². The van der Waals surface area contributed by atoms with Crippen molar-refractivity contribution in [1.82, 2.24) is 0 Å². The molecule has 4 heteroatoms. The van der Waals surface area contributed by atoms with Crippen molar-refractivity contribution in [2.24, 2.45) is 0 Å². The summed E-state index contributed by atoms with van der Waals surface area (Å²) in [6.45, 7) is 0. The molecule has 0 unspecified atom stereocenters. The van der Waals surface area contributed by atoms with Gasteiger partial charge in [-0.1, -0.05) is 12.2 Å². The van der Waals surface area contributed by atoms with Crippen molar-refractivity contribution in [3.63, 3.8) is 0 Å². The zero-order valence-corrected chi connectivity index (χ0v) is 9.65. The van der Waals surface area contributed by atoms with Gasteiger partial charge in [0.1, 0.15) is 11.6 Å². The van der Waals surface area contributed by atoms with Crippen LogP contribution in [-0.4, -0.2) is 18.2 Å². The lowest BCUT2D eigenvalue weighted by atomic mass is 10.1. The van der Waals surface area contributed by atoms with Crippen LogP contribution in [0.2, 0.25) is 0 Å². The minimum absolute atomic E-state index is 0.143. The molecule has 0 aromatic heterocycles. The second-order valence-electron chi connectivity index (χ2n) is 3.57. The summed E-state index contributed by atoms with van der Waals surface area (Å²) in [5.41, 5.74) is 0.655. The van der Waals surface area contributed by atoms with E-state index in [0.717, 1.165) is 0 Å². The second-order valence-corrected chi connectivity index (χ2v) is 3.57. The standard InChI is InChI=1S/C13H15FO3/c1-17-12-8-7-11(14)9-10(12)5-3-2-4-6-13(15)16/h3,5,7-9H,2,4,6H2,1H3,(H,15,16)/b5-3+. The molecule has 17 heavy (non-hydrogen) atoms. The summed E-state index contributed by atoms with van der Waals surface area (Å²) >= 11 is 0. The molecule has 0 saturated heterocycles. The van der Waals surface area contributed by atoms with Gasteiger partial charge in [0.05, 0.1) is 7.11 Å². The molecule has 0 aliphatic carbocycles. The fraction of sp³-hybridized carbons (Fsp3) is 0.308. The van der Waals surface area contributed by atoms with Gasteiger partial charge in [-0.25, -0.2) is 4.39 Å². The topological polar surface area (TPSA) is 46.5 Å². The monoisotopic (exact) mass is 238 g/mol. The Hall–Kier alpha value is -1.84. The fourth-order valence-corrected chi connectivity index (χ4v) is 1.42. The average molecular weight is 238 g/mol. The lowest BCUT2D eigenvalue weighted by molar-refractivity contribution is -0.137.